The second kappa shape index (κ2) is 5.05. The molecule has 0 saturated carbocycles. The molecular formula is C16H15N5O2. The molecule has 1 aromatic carbocycles. The number of aryl methyl sites for hydroxylation is 1. The monoisotopic (exact) mass is 309 g/mol. The first-order chi connectivity index (χ1) is 11.2. The first-order valence-electron chi connectivity index (χ1n) is 7.30. The molecule has 3 heterocycles. The number of para-hydroxylation sites is 1. The highest BCUT2D eigenvalue weighted by Crippen LogP contribution is 2.41. The van der Waals surface area contributed by atoms with Crippen LogP contribution in [0.15, 0.2) is 36.7 Å². The lowest BCUT2D eigenvalue weighted by Crippen LogP contribution is -2.23. The third-order valence-corrected chi connectivity index (χ3v) is 4.09. The maximum absolute atomic E-state index is 12.1. The van der Waals surface area contributed by atoms with Crippen LogP contribution in [0.2, 0.25) is 0 Å². The molecule has 1 aliphatic rings. The molecule has 0 N–H and O–H groups in total. The van der Waals surface area contributed by atoms with Crippen LogP contribution in [0.3, 0.4) is 0 Å². The van der Waals surface area contributed by atoms with Crippen molar-refractivity contribution in [3.63, 3.8) is 0 Å². The molecule has 0 fully saturated rings. The summed E-state index contributed by atoms with van der Waals surface area (Å²) in [5.74, 6) is 0.826. The van der Waals surface area contributed by atoms with Gasteiger partial charge < -0.3 is 9.64 Å². The van der Waals surface area contributed by atoms with Gasteiger partial charge in [-0.25, -0.2) is 4.98 Å². The standard InChI is InChI=1S/C16H15N5O2/c1-10-7-14(21-16(19-10)17-9-18-21)20-8-12(15(22)23-2)11-5-3-4-6-13(11)20/h3-7,9,12H,8H2,1-2H3. The Bertz CT molecular complexity index is 904. The Morgan fingerprint density at radius 3 is 3.00 bits per heavy atom. The summed E-state index contributed by atoms with van der Waals surface area (Å²) in [4.78, 5) is 22.7. The van der Waals surface area contributed by atoms with Crippen molar-refractivity contribution in [1.29, 1.82) is 0 Å². The van der Waals surface area contributed by atoms with Crippen LogP contribution in [-0.4, -0.2) is 39.2 Å². The normalized spacial score (nSPS) is 16.6. The number of methoxy groups -OCH3 is 1. The smallest absolute Gasteiger partial charge is 0.315 e. The van der Waals surface area contributed by atoms with E-state index >= 15 is 0 Å². The summed E-state index contributed by atoms with van der Waals surface area (Å²) in [7, 11) is 1.42. The quantitative estimate of drug-likeness (QED) is 0.673. The van der Waals surface area contributed by atoms with Crippen LogP contribution in [-0.2, 0) is 9.53 Å². The molecule has 1 aliphatic heterocycles. The van der Waals surface area contributed by atoms with E-state index in [4.69, 9.17) is 4.74 Å². The second-order valence-electron chi connectivity index (χ2n) is 5.47. The minimum Gasteiger partial charge on any atom is -0.468 e. The fourth-order valence-corrected chi connectivity index (χ4v) is 3.07. The second-order valence-corrected chi connectivity index (χ2v) is 5.47. The molecular weight excluding hydrogens is 294 g/mol. The number of carbonyl (C=O) groups is 1. The zero-order valence-corrected chi connectivity index (χ0v) is 12.8. The zero-order chi connectivity index (χ0) is 16.0. The maximum Gasteiger partial charge on any atom is 0.315 e. The van der Waals surface area contributed by atoms with Crippen molar-refractivity contribution in [1.82, 2.24) is 19.6 Å². The minimum absolute atomic E-state index is 0.236. The molecule has 0 spiro atoms. The molecule has 7 heteroatoms. The Labute approximate surface area is 132 Å². The Kier molecular flexibility index (Phi) is 3.00. The first-order valence-corrected chi connectivity index (χ1v) is 7.30. The highest BCUT2D eigenvalue weighted by atomic mass is 16.5. The number of anilines is 2. The summed E-state index contributed by atoms with van der Waals surface area (Å²) in [5.41, 5.74) is 2.78. The summed E-state index contributed by atoms with van der Waals surface area (Å²) in [6.45, 7) is 2.42. The van der Waals surface area contributed by atoms with Gasteiger partial charge in [0.25, 0.3) is 5.78 Å². The van der Waals surface area contributed by atoms with Crippen LogP contribution in [0.4, 0.5) is 11.5 Å². The summed E-state index contributed by atoms with van der Waals surface area (Å²) in [6, 6.07) is 9.79. The largest absolute Gasteiger partial charge is 0.468 e. The van der Waals surface area contributed by atoms with Gasteiger partial charge in [0.1, 0.15) is 18.1 Å². The highest BCUT2D eigenvalue weighted by Gasteiger charge is 2.35. The van der Waals surface area contributed by atoms with Crippen LogP contribution >= 0.6 is 0 Å². The molecule has 3 aromatic rings. The maximum atomic E-state index is 12.1. The fourth-order valence-electron chi connectivity index (χ4n) is 3.07. The minimum atomic E-state index is -0.316. The van der Waals surface area contributed by atoms with Gasteiger partial charge in [-0.15, -0.1) is 0 Å². The Hall–Kier alpha value is -2.96. The zero-order valence-electron chi connectivity index (χ0n) is 12.8. The van der Waals surface area contributed by atoms with E-state index in [0.717, 1.165) is 22.8 Å². The van der Waals surface area contributed by atoms with E-state index in [2.05, 4.69) is 20.0 Å². The molecule has 1 atom stereocenters. The molecule has 0 saturated heterocycles. The van der Waals surface area contributed by atoms with Crippen LogP contribution < -0.4 is 4.90 Å². The SMILES string of the molecule is COC(=O)C1CN(c2cc(C)nc3ncnn23)c2ccccc21. The number of aromatic nitrogens is 4. The summed E-state index contributed by atoms with van der Waals surface area (Å²) < 4.78 is 6.64. The van der Waals surface area contributed by atoms with Gasteiger partial charge in [0, 0.05) is 24.0 Å². The first kappa shape index (κ1) is 13.7. The van der Waals surface area contributed by atoms with Gasteiger partial charge in [0.2, 0.25) is 0 Å². The third-order valence-electron chi connectivity index (χ3n) is 4.09. The third kappa shape index (κ3) is 2.04. The van der Waals surface area contributed by atoms with Crippen molar-refractivity contribution in [3.05, 3.63) is 47.9 Å². The van der Waals surface area contributed by atoms with Crippen molar-refractivity contribution in [2.24, 2.45) is 0 Å². The average molecular weight is 309 g/mol. The van der Waals surface area contributed by atoms with E-state index < -0.39 is 0 Å². The predicted octanol–water partition coefficient (Wildman–Crippen LogP) is 1.84. The molecule has 1 unspecified atom stereocenters. The van der Waals surface area contributed by atoms with Crippen molar-refractivity contribution >= 4 is 23.3 Å². The summed E-state index contributed by atoms with van der Waals surface area (Å²) in [6.07, 6.45) is 1.48. The molecule has 4 rings (SSSR count). The molecule has 0 amide bonds. The van der Waals surface area contributed by atoms with Gasteiger partial charge in [-0.2, -0.15) is 14.6 Å². The van der Waals surface area contributed by atoms with Gasteiger partial charge >= 0.3 is 5.97 Å². The number of nitrogens with zero attached hydrogens (tertiary/aromatic N) is 5. The number of esters is 1. The number of carbonyl (C=O) groups excluding carboxylic acids is 1. The van der Waals surface area contributed by atoms with Crippen LogP contribution in [0.1, 0.15) is 17.2 Å². The number of benzene rings is 1. The summed E-state index contributed by atoms with van der Waals surface area (Å²) in [5, 5.41) is 4.25. The van der Waals surface area contributed by atoms with Crippen LogP contribution in [0, 0.1) is 6.92 Å². The Morgan fingerprint density at radius 2 is 2.17 bits per heavy atom. The lowest BCUT2D eigenvalue weighted by molar-refractivity contribution is -0.142. The lowest BCUT2D eigenvalue weighted by Gasteiger charge is -2.20. The Balaban J connectivity index is 1.89. The van der Waals surface area contributed by atoms with E-state index in [1.807, 2.05) is 37.3 Å². The van der Waals surface area contributed by atoms with Gasteiger partial charge in [-0.1, -0.05) is 18.2 Å². The van der Waals surface area contributed by atoms with Crippen LogP contribution in [0.5, 0.6) is 0 Å². The van der Waals surface area contributed by atoms with E-state index in [-0.39, 0.29) is 11.9 Å². The number of ether oxygens (including phenoxy) is 1. The lowest BCUT2D eigenvalue weighted by atomic mass is 10.0. The van der Waals surface area contributed by atoms with E-state index in [1.165, 1.54) is 13.4 Å². The molecule has 0 aliphatic carbocycles. The predicted molar refractivity (Wildman–Crippen MR) is 83.7 cm³/mol. The molecule has 7 nitrogen and oxygen atoms in total. The van der Waals surface area contributed by atoms with Crippen molar-refractivity contribution in [2.45, 2.75) is 12.8 Å². The molecule has 0 bridgehead atoms. The fraction of sp³-hybridized carbons (Fsp3) is 0.250. The number of hydrogen-bond donors (Lipinski definition) is 0. The molecule has 23 heavy (non-hydrogen) atoms. The van der Waals surface area contributed by atoms with Gasteiger partial charge in [0.05, 0.1) is 7.11 Å². The molecule has 0 radical (unpaired) electrons. The van der Waals surface area contributed by atoms with E-state index in [0.29, 0.717) is 12.3 Å². The van der Waals surface area contributed by atoms with Crippen molar-refractivity contribution in [2.75, 3.05) is 18.6 Å². The van der Waals surface area contributed by atoms with Crippen molar-refractivity contribution < 1.29 is 9.53 Å². The molecule has 116 valence electrons. The van der Waals surface area contributed by atoms with Crippen molar-refractivity contribution in [3.8, 4) is 0 Å². The van der Waals surface area contributed by atoms with Gasteiger partial charge in [-0.3, -0.25) is 4.79 Å². The number of rotatable bonds is 2. The number of hydrogen-bond acceptors (Lipinski definition) is 6. The van der Waals surface area contributed by atoms with E-state index in [9.17, 15) is 4.79 Å². The van der Waals surface area contributed by atoms with E-state index in [1.54, 1.807) is 4.52 Å². The Morgan fingerprint density at radius 1 is 1.35 bits per heavy atom. The average Bonchev–Trinajstić information content (AvgIpc) is 3.17. The van der Waals surface area contributed by atoms with Gasteiger partial charge in [0.15, 0.2) is 0 Å². The molecule has 2 aromatic heterocycles. The summed E-state index contributed by atoms with van der Waals surface area (Å²) >= 11 is 0. The number of fused-ring (bicyclic) bond motifs is 2. The van der Waals surface area contributed by atoms with Gasteiger partial charge in [-0.05, 0) is 18.6 Å². The van der Waals surface area contributed by atoms with Crippen LogP contribution in [0.25, 0.3) is 5.78 Å². The topological polar surface area (TPSA) is 72.6 Å². The highest BCUT2D eigenvalue weighted by molar-refractivity contribution is 5.86.